The molecule has 3 heteroatoms. The third-order valence-corrected chi connectivity index (χ3v) is 1.66. The van der Waals surface area contributed by atoms with Crippen molar-refractivity contribution >= 4 is 11.5 Å². The first-order valence-electron chi connectivity index (χ1n) is 3.32. The van der Waals surface area contributed by atoms with E-state index in [0.717, 1.165) is 0 Å². The summed E-state index contributed by atoms with van der Waals surface area (Å²) in [7, 11) is 0. The quantitative estimate of drug-likeness (QED) is 0.350. The molecule has 0 radical (unpaired) electrons. The van der Waals surface area contributed by atoms with E-state index in [0.29, 0.717) is 16.9 Å². The molecule has 58 valence electrons. The molecule has 0 aromatic rings. The van der Waals surface area contributed by atoms with Gasteiger partial charge in [0.2, 0.25) is 0 Å². The fraction of sp³-hybridized carbons (Fsp3) is 0.250. The largest absolute Gasteiger partial charge is 0.412 e. The van der Waals surface area contributed by atoms with Gasteiger partial charge >= 0.3 is 5.78 Å². The third-order valence-electron chi connectivity index (χ3n) is 1.66. The van der Waals surface area contributed by atoms with Crippen LogP contribution in [0.5, 0.6) is 0 Å². The molecule has 11 heavy (non-hydrogen) atoms. The molecule has 1 rings (SSSR count). The third kappa shape index (κ3) is 1.28. The Balaban J connectivity index is 3.03. The van der Waals surface area contributed by atoms with E-state index in [2.05, 4.69) is 11.6 Å². The Morgan fingerprint density at radius 2 is 2.36 bits per heavy atom. The Bertz CT molecular complexity index is 274. The van der Waals surface area contributed by atoms with E-state index in [9.17, 15) is 4.79 Å². The van der Waals surface area contributed by atoms with Crippen molar-refractivity contribution in [1.82, 2.24) is 0 Å². The second-order valence-electron chi connectivity index (χ2n) is 2.42. The average Bonchev–Trinajstić information content (AvgIpc) is 2.01. The molecule has 0 saturated heterocycles. The SMILES string of the molecule is C=C1C(=[OH+])C(C)=[NH+]C=C1CO. The van der Waals surface area contributed by atoms with Crippen molar-refractivity contribution in [3.63, 3.8) is 0 Å². The van der Waals surface area contributed by atoms with E-state index < -0.39 is 0 Å². The highest BCUT2D eigenvalue weighted by atomic mass is 16.3. The number of nitrogens with one attached hydrogen (secondary N) is 1. The van der Waals surface area contributed by atoms with E-state index in [1.165, 1.54) is 0 Å². The first kappa shape index (κ1) is 7.88. The van der Waals surface area contributed by atoms with Gasteiger partial charge in [-0.05, 0) is 0 Å². The Morgan fingerprint density at radius 1 is 1.73 bits per heavy atom. The molecule has 1 aliphatic heterocycles. The van der Waals surface area contributed by atoms with Crippen molar-refractivity contribution in [3.05, 3.63) is 23.9 Å². The predicted molar refractivity (Wildman–Crippen MR) is 42.9 cm³/mol. The highest BCUT2D eigenvalue weighted by molar-refractivity contribution is 6.44. The Hall–Kier alpha value is -1.22. The summed E-state index contributed by atoms with van der Waals surface area (Å²) in [4.78, 5) is 12.1. The summed E-state index contributed by atoms with van der Waals surface area (Å²) < 4.78 is 0. The maximum atomic E-state index is 9.31. The van der Waals surface area contributed by atoms with E-state index in [1.54, 1.807) is 13.1 Å². The van der Waals surface area contributed by atoms with E-state index in [4.69, 9.17) is 5.11 Å². The Kier molecular flexibility index (Phi) is 2.01. The van der Waals surface area contributed by atoms with Crippen LogP contribution >= 0.6 is 0 Å². The summed E-state index contributed by atoms with van der Waals surface area (Å²) in [5.41, 5.74) is 1.77. The first-order chi connectivity index (χ1) is 5.16. The molecular formula is C8H11NO2+2. The molecule has 1 aliphatic rings. The second-order valence-corrected chi connectivity index (χ2v) is 2.42. The Labute approximate surface area is 64.8 Å². The van der Waals surface area contributed by atoms with Gasteiger partial charge in [0.05, 0.1) is 17.8 Å². The van der Waals surface area contributed by atoms with Gasteiger partial charge in [-0.1, -0.05) is 6.58 Å². The predicted octanol–water partition coefficient (Wildman–Crippen LogP) is -1.48. The van der Waals surface area contributed by atoms with Crippen LogP contribution in [0.25, 0.3) is 0 Å². The minimum absolute atomic E-state index is 0.108. The average molecular weight is 153 g/mol. The molecule has 0 saturated carbocycles. The summed E-state index contributed by atoms with van der Waals surface area (Å²) in [5.74, 6) is 0.122. The normalized spacial score (nSPS) is 18.0. The molecule has 0 aliphatic carbocycles. The van der Waals surface area contributed by atoms with Crippen LogP contribution in [0.2, 0.25) is 0 Å². The van der Waals surface area contributed by atoms with Gasteiger partial charge in [0, 0.05) is 6.92 Å². The highest BCUT2D eigenvalue weighted by Gasteiger charge is 2.29. The number of carbonyl (C=O) groups excluding carboxylic acids is 1. The fourth-order valence-corrected chi connectivity index (χ4v) is 0.870. The number of aliphatic hydroxyl groups excluding tert-OH is 1. The topological polar surface area (TPSA) is 55.6 Å². The number of rotatable bonds is 1. The number of hydrogen-bond acceptors (Lipinski definition) is 1. The van der Waals surface area contributed by atoms with Crippen molar-refractivity contribution in [2.24, 2.45) is 0 Å². The van der Waals surface area contributed by atoms with Crippen molar-refractivity contribution in [1.29, 1.82) is 0 Å². The van der Waals surface area contributed by atoms with Crippen molar-refractivity contribution in [3.8, 4) is 0 Å². The maximum absolute atomic E-state index is 9.31. The lowest BCUT2D eigenvalue weighted by molar-refractivity contribution is -0.373. The van der Waals surface area contributed by atoms with Crippen LogP contribution in [0.15, 0.2) is 23.9 Å². The number of ketones is 1. The van der Waals surface area contributed by atoms with Crippen LogP contribution in [0, 0.1) is 0 Å². The summed E-state index contributed by atoms with van der Waals surface area (Å²) >= 11 is 0. The van der Waals surface area contributed by atoms with Gasteiger partial charge in [0.15, 0.2) is 6.20 Å². The van der Waals surface area contributed by atoms with Crippen molar-refractivity contribution in [2.75, 3.05) is 6.61 Å². The van der Waals surface area contributed by atoms with Gasteiger partial charge < -0.3 is 5.11 Å². The maximum Gasteiger partial charge on any atom is 0.412 e. The smallest absolute Gasteiger partial charge is 0.391 e. The van der Waals surface area contributed by atoms with Crippen LogP contribution < -0.4 is 4.99 Å². The lowest BCUT2D eigenvalue weighted by Gasteiger charge is -2.00. The zero-order valence-electron chi connectivity index (χ0n) is 6.39. The van der Waals surface area contributed by atoms with E-state index in [1.807, 2.05) is 0 Å². The molecule has 3 nitrogen and oxygen atoms in total. The summed E-state index contributed by atoms with van der Waals surface area (Å²) in [5, 5.41) is 8.76. The summed E-state index contributed by atoms with van der Waals surface area (Å²) in [6.45, 7) is 5.25. The van der Waals surface area contributed by atoms with Crippen LogP contribution in [0.3, 0.4) is 0 Å². The van der Waals surface area contributed by atoms with Crippen molar-refractivity contribution < 1.29 is 14.9 Å². The Morgan fingerprint density at radius 3 is 2.91 bits per heavy atom. The van der Waals surface area contributed by atoms with Gasteiger partial charge in [-0.15, -0.1) is 0 Å². The monoisotopic (exact) mass is 153 g/mol. The van der Waals surface area contributed by atoms with Crippen LogP contribution in [0.4, 0.5) is 0 Å². The molecule has 0 bridgehead atoms. The van der Waals surface area contributed by atoms with Gasteiger partial charge in [0.1, 0.15) is 0 Å². The molecular weight excluding hydrogens is 142 g/mol. The molecule has 0 atom stereocenters. The van der Waals surface area contributed by atoms with Crippen LogP contribution in [-0.4, -0.2) is 28.0 Å². The summed E-state index contributed by atoms with van der Waals surface area (Å²) in [6.07, 6.45) is 1.64. The fourth-order valence-electron chi connectivity index (χ4n) is 0.870. The molecule has 0 unspecified atom stereocenters. The van der Waals surface area contributed by atoms with Crippen LogP contribution in [-0.2, 0) is 0 Å². The van der Waals surface area contributed by atoms with Gasteiger partial charge in [0.25, 0.3) is 5.71 Å². The zero-order chi connectivity index (χ0) is 8.43. The molecule has 0 spiro atoms. The second kappa shape index (κ2) is 2.80. The van der Waals surface area contributed by atoms with Gasteiger partial charge in [-0.25, -0.2) is 4.99 Å². The first-order valence-corrected chi connectivity index (χ1v) is 3.32. The molecule has 0 fully saturated rings. The highest BCUT2D eigenvalue weighted by Crippen LogP contribution is 2.07. The lowest BCUT2D eigenvalue weighted by Crippen LogP contribution is -2.70. The minimum Gasteiger partial charge on any atom is -0.391 e. The van der Waals surface area contributed by atoms with E-state index >= 15 is 0 Å². The minimum atomic E-state index is -0.108. The molecule has 0 aromatic heterocycles. The molecule has 0 aromatic carbocycles. The zero-order valence-corrected chi connectivity index (χ0v) is 6.39. The molecule has 3 N–H and O–H groups in total. The van der Waals surface area contributed by atoms with Gasteiger partial charge in [-0.2, -0.15) is 0 Å². The van der Waals surface area contributed by atoms with Gasteiger partial charge in [-0.3, -0.25) is 4.79 Å². The van der Waals surface area contributed by atoms with Crippen molar-refractivity contribution in [2.45, 2.75) is 6.92 Å². The number of hydrogen-bond donors (Lipinski definition) is 2. The number of aliphatic hydroxyl groups is 1. The molecule has 0 amide bonds. The summed E-state index contributed by atoms with van der Waals surface area (Å²) in [6, 6.07) is 0. The molecule has 1 heterocycles. The lowest BCUT2D eigenvalue weighted by atomic mass is 10.0. The standard InChI is InChI=1S/C8H9NO2/c1-5-7(4-10)3-9-6(2)8(5)11/h3,10H,1,4H2,2H3/p+2. The van der Waals surface area contributed by atoms with Crippen LogP contribution in [0.1, 0.15) is 6.92 Å². The van der Waals surface area contributed by atoms with E-state index in [-0.39, 0.29) is 12.4 Å².